The summed E-state index contributed by atoms with van der Waals surface area (Å²) in [6.07, 6.45) is 2.06. The average molecular weight is 870 g/mol. The first kappa shape index (κ1) is 41.1. The molecule has 1 unspecified atom stereocenters. The van der Waals surface area contributed by atoms with Gasteiger partial charge in [-0.2, -0.15) is 13.2 Å². The number of hydrogen-bond acceptors (Lipinski definition) is 4. The van der Waals surface area contributed by atoms with E-state index in [2.05, 4.69) is 117 Å². The fourth-order valence-electron chi connectivity index (χ4n) is 12.6. The van der Waals surface area contributed by atoms with E-state index in [0.29, 0.717) is 41.4 Å². The Morgan fingerprint density at radius 1 is 0.600 bits per heavy atom. The van der Waals surface area contributed by atoms with Gasteiger partial charge in [0.1, 0.15) is 11.5 Å². The molecule has 8 aromatic rings. The maximum atomic E-state index is 14.8. The van der Waals surface area contributed by atoms with Gasteiger partial charge in [-0.1, -0.05) is 101 Å². The first-order valence-electron chi connectivity index (χ1n) is 22.2. The van der Waals surface area contributed by atoms with Crippen LogP contribution in [0.15, 0.2) is 133 Å². The minimum atomic E-state index is -4.51. The molecule has 0 saturated heterocycles. The summed E-state index contributed by atoms with van der Waals surface area (Å²) in [6, 6.07) is 41.8. The minimum absolute atomic E-state index is 0.196. The number of halogens is 3. The fraction of sp³-hybridized carbons (Fsp3) is 0.263. The van der Waals surface area contributed by atoms with Gasteiger partial charge in [0.05, 0.1) is 37.9 Å². The predicted molar refractivity (Wildman–Crippen MR) is 254 cm³/mol. The van der Waals surface area contributed by atoms with E-state index in [1.54, 1.807) is 27.4 Å². The smallest absolute Gasteiger partial charge is 0.416 e. The minimum Gasteiger partial charge on any atom is -0.497 e. The van der Waals surface area contributed by atoms with E-state index >= 15 is 0 Å². The summed E-state index contributed by atoms with van der Waals surface area (Å²) >= 11 is 0. The highest BCUT2D eigenvalue weighted by atomic mass is 19.4. The molecule has 7 aromatic carbocycles. The Hall–Kier alpha value is -6.67. The van der Waals surface area contributed by atoms with Crippen molar-refractivity contribution in [3.8, 4) is 39.8 Å². The molecular weight excluding hydrogens is 820 g/mol. The van der Waals surface area contributed by atoms with Crippen LogP contribution in [0, 0.1) is 10.8 Å². The van der Waals surface area contributed by atoms with E-state index in [1.165, 1.54) is 22.9 Å². The van der Waals surface area contributed by atoms with Gasteiger partial charge in [-0.3, -0.25) is 0 Å². The fourth-order valence-corrected chi connectivity index (χ4v) is 12.6. The second kappa shape index (κ2) is 14.2. The van der Waals surface area contributed by atoms with Crippen LogP contribution in [0.1, 0.15) is 80.3 Å². The normalized spacial score (nSPS) is 18.9. The number of aromatic nitrogens is 1. The summed E-state index contributed by atoms with van der Waals surface area (Å²) in [5.41, 5.74) is 6.39. The SMILES string of the molecule is COc1ccc(C2(c3ccc(-n4c5ccccc5c5ccccc54)cc3)C=Cc3c4c(c5cc(OC)c(OC)cc5c3O2)-c2ccc(C(F)(F)F)cc2C42CC(C)(C)CC(C)(C)C2)cc1. The van der Waals surface area contributed by atoms with Crippen molar-refractivity contribution in [2.24, 2.45) is 10.8 Å². The van der Waals surface area contributed by atoms with Crippen LogP contribution in [0.25, 0.3) is 55.5 Å². The molecule has 0 bridgehead atoms. The van der Waals surface area contributed by atoms with Crippen LogP contribution in [0.3, 0.4) is 0 Å². The topological polar surface area (TPSA) is 41.9 Å². The molecule has 1 atom stereocenters. The number of para-hydroxylation sites is 2. The molecule has 5 nitrogen and oxygen atoms in total. The number of nitrogens with zero attached hydrogens (tertiary/aromatic N) is 1. The summed E-state index contributed by atoms with van der Waals surface area (Å²) in [6.45, 7) is 9.03. The number of benzene rings is 7. The molecule has 2 aliphatic carbocycles. The zero-order valence-electron chi connectivity index (χ0n) is 37.6. The van der Waals surface area contributed by atoms with Gasteiger partial charge in [-0.15, -0.1) is 0 Å². The van der Waals surface area contributed by atoms with E-state index in [-0.39, 0.29) is 10.8 Å². The molecule has 1 aliphatic heterocycles. The molecule has 0 radical (unpaired) electrons. The lowest BCUT2D eigenvalue weighted by Gasteiger charge is -2.52. The van der Waals surface area contributed by atoms with Gasteiger partial charge in [-0.25, -0.2) is 0 Å². The van der Waals surface area contributed by atoms with E-state index in [9.17, 15) is 13.2 Å². The summed E-state index contributed by atoms with van der Waals surface area (Å²) in [4.78, 5) is 0. The van der Waals surface area contributed by atoms with Gasteiger partial charge >= 0.3 is 6.18 Å². The Bertz CT molecular complexity index is 3200. The Balaban J connectivity index is 1.19. The van der Waals surface area contributed by atoms with E-state index < -0.39 is 22.8 Å². The third-order valence-corrected chi connectivity index (χ3v) is 14.3. The number of ether oxygens (including phenoxy) is 4. The maximum Gasteiger partial charge on any atom is 0.416 e. The summed E-state index contributed by atoms with van der Waals surface area (Å²) in [5.74, 6) is 2.39. The van der Waals surface area contributed by atoms with Crippen LogP contribution in [-0.2, 0) is 17.2 Å². The third kappa shape index (κ3) is 6.12. The Labute approximate surface area is 377 Å². The summed E-state index contributed by atoms with van der Waals surface area (Å²) in [5, 5.41) is 3.97. The predicted octanol–water partition coefficient (Wildman–Crippen LogP) is 14.8. The van der Waals surface area contributed by atoms with Crippen LogP contribution in [0.2, 0.25) is 0 Å². The Morgan fingerprint density at radius 3 is 1.74 bits per heavy atom. The van der Waals surface area contributed by atoms with Crippen molar-refractivity contribution in [2.45, 2.75) is 64.1 Å². The highest BCUT2D eigenvalue weighted by Gasteiger charge is 2.56. The van der Waals surface area contributed by atoms with Gasteiger partial charge in [0, 0.05) is 44.0 Å². The average Bonchev–Trinajstić information content (AvgIpc) is 3.76. The number of hydrogen-bond donors (Lipinski definition) is 0. The van der Waals surface area contributed by atoms with Crippen LogP contribution < -0.4 is 18.9 Å². The molecule has 1 spiro atoms. The third-order valence-electron chi connectivity index (χ3n) is 14.3. The van der Waals surface area contributed by atoms with E-state index in [0.717, 1.165) is 67.3 Å². The molecule has 8 heteroatoms. The first-order valence-corrected chi connectivity index (χ1v) is 22.2. The molecular formula is C57H50F3NO4. The van der Waals surface area contributed by atoms with Crippen molar-refractivity contribution < 1.29 is 32.1 Å². The quantitative estimate of drug-likeness (QED) is 0.167. The lowest BCUT2D eigenvalue weighted by molar-refractivity contribution is -0.137. The second-order valence-electron chi connectivity index (χ2n) is 19.8. The number of alkyl halides is 3. The van der Waals surface area contributed by atoms with Crippen LogP contribution in [0.5, 0.6) is 23.0 Å². The Kier molecular flexibility index (Phi) is 8.95. The molecule has 1 fully saturated rings. The van der Waals surface area contributed by atoms with Gasteiger partial charge in [0.2, 0.25) is 0 Å². The molecule has 0 amide bonds. The lowest BCUT2D eigenvalue weighted by Crippen LogP contribution is -2.44. The molecule has 0 N–H and O–H groups in total. The monoisotopic (exact) mass is 869 g/mol. The molecule has 2 heterocycles. The van der Waals surface area contributed by atoms with Crippen molar-refractivity contribution in [1.29, 1.82) is 0 Å². The number of methoxy groups -OCH3 is 3. The van der Waals surface area contributed by atoms with Crippen molar-refractivity contribution in [3.63, 3.8) is 0 Å². The largest absolute Gasteiger partial charge is 0.497 e. The van der Waals surface area contributed by atoms with Crippen LogP contribution >= 0.6 is 0 Å². The standard InChI is InChI=1S/C57H50F3NO4/c1-53(2)31-54(3,4)33-55(32-53)45-28-36(57(58,59)60)20-25-41(45)50-43-29-48(63-6)49(64-7)30-44(43)52-42(51(50)55)26-27-56(65-52,35-18-23-38(62-5)24-19-35)34-16-21-37(22-17-34)61-46-14-10-8-12-39(46)40-13-9-11-15-47(40)61/h8-30H,31-33H2,1-7H3. The van der Waals surface area contributed by atoms with Gasteiger partial charge < -0.3 is 23.5 Å². The van der Waals surface area contributed by atoms with Crippen molar-refractivity contribution in [2.75, 3.05) is 21.3 Å². The van der Waals surface area contributed by atoms with Gasteiger partial charge in [-0.05, 0) is 124 Å². The zero-order valence-corrected chi connectivity index (χ0v) is 37.6. The molecule has 11 rings (SSSR count). The molecule has 65 heavy (non-hydrogen) atoms. The second-order valence-corrected chi connectivity index (χ2v) is 19.8. The van der Waals surface area contributed by atoms with Crippen LogP contribution in [0.4, 0.5) is 13.2 Å². The van der Waals surface area contributed by atoms with Crippen molar-refractivity contribution >= 4 is 38.7 Å². The van der Waals surface area contributed by atoms with Crippen LogP contribution in [-0.4, -0.2) is 25.9 Å². The van der Waals surface area contributed by atoms with Gasteiger partial charge in [0.25, 0.3) is 0 Å². The van der Waals surface area contributed by atoms with E-state index in [4.69, 9.17) is 18.9 Å². The van der Waals surface area contributed by atoms with Crippen molar-refractivity contribution in [1.82, 2.24) is 4.57 Å². The maximum absolute atomic E-state index is 14.8. The molecule has 328 valence electrons. The van der Waals surface area contributed by atoms with Gasteiger partial charge in [0.15, 0.2) is 17.1 Å². The number of rotatable bonds is 6. The molecule has 1 saturated carbocycles. The number of fused-ring (bicyclic) bond motifs is 13. The Morgan fingerprint density at radius 2 is 1.17 bits per heavy atom. The first-order chi connectivity index (χ1) is 31.1. The molecule has 1 aromatic heterocycles. The molecule has 3 aliphatic rings. The highest BCUT2D eigenvalue weighted by molar-refractivity contribution is 6.11. The highest BCUT2D eigenvalue weighted by Crippen LogP contribution is 2.67. The lowest BCUT2D eigenvalue weighted by atomic mass is 9.52. The summed E-state index contributed by atoms with van der Waals surface area (Å²) < 4.78 is 71.9. The van der Waals surface area contributed by atoms with E-state index in [1.807, 2.05) is 36.4 Å². The zero-order chi connectivity index (χ0) is 45.3. The van der Waals surface area contributed by atoms with Crippen molar-refractivity contribution in [3.05, 3.63) is 167 Å². The summed E-state index contributed by atoms with van der Waals surface area (Å²) in [7, 11) is 4.87.